The molecule has 0 heterocycles. The van der Waals surface area contributed by atoms with Gasteiger partial charge in [0.15, 0.2) is 0 Å². The molecule has 4 aromatic rings. The van der Waals surface area contributed by atoms with Crippen molar-refractivity contribution < 1.29 is 9.53 Å². The lowest BCUT2D eigenvalue weighted by atomic mass is 9.93. The monoisotopic (exact) mass is 427 g/mol. The van der Waals surface area contributed by atoms with Gasteiger partial charge in [0.25, 0.3) is 5.91 Å². The number of anilines is 1. The zero-order valence-corrected chi connectivity index (χ0v) is 18.1. The molecule has 0 aliphatic heterocycles. The molecule has 0 aliphatic rings. The lowest BCUT2D eigenvalue weighted by Gasteiger charge is -2.17. The number of rotatable bonds is 5. The van der Waals surface area contributed by atoms with Crippen LogP contribution in [-0.4, -0.2) is 13.0 Å². The maximum atomic E-state index is 12.9. The van der Waals surface area contributed by atoms with E-state index in [1.807, 2.05) is 72.8 Å². The number of nitrogens with one attached hydrogen (secondary N) is 1. The molecule has 31 heavy (non-hydrogen) atoms. The highest BCUT2D eigenvalue weighted by Crippen LogP contribution is 2.36. The average Bonchev–Trinajstić information content (AvgIpc) is 2.81. The summed E-state index contributed by atoms with van der Waals surface area (Å²) in [5.41, 5.74) is 6.48. The second-order valence-corrected chi connectivity index (χ2v) is 7.70. The van der Waals surface area contributed by atoms with Crippen LogP contribution in [0.5, 0.6) is 5.75 Å². The smallest absolute Gasteiger partial charge is 0.255 e. The summed E-state index contributed by atoms with van der Waals surface area (Å²) >= 11 is 6.08. The summed E-state index contributed by atoms with van der Waals surface area (Å²) in [5, 5.41) is 3.77. The van der Waals surface area contributed by atoms with Gasteiger partial charge < -0.3 is 10.1 Å². The van der Waals surface area contributed by atoms with Gasteiger partial charge in [0, 0.05) is 21.8 Å². The van der Waals surface area contributed by atoms with Gasteiger partial charge in [0.05, 0.1) is 7.11 Å². The van der Waals surface area contributed by atoms with E-state index >= 15 is 0 Å². The summed E-state index contributed by atoms with van der Waals surface area (Å²) in [6.07, 6.45) is 0. The molecule has 3 nitrogen and oxygen atoms in total. The number of ether oxygens (including phenoxy) is 1. The van der Waals surface area contributed by atoms with Crippen LogP contribution in [-0.2, 0) is 0 Å². The highest BCUT2D eigenvalue weighted by molar-refractivity contribution is 6.30. The molecule has 0 aliphatic carbocycles. The number of hydrogen-bond donors (Lipinski definition) is 1. The van der Waals surface area contributed by atoms with Crippen LogP contribution in [0.4, 0.5) is 5.69 Å². The Morgan fingerprint density at radius 2 is 1.42 bits per heavy atom. The van der Waals surface area contributed by atoms with Crippen molar-refractivity contribution in [2.24, 2.45) is 0 Å². The Kier molecular flexibility index (Phi) is 6.06. The highest BCUT2D eigenvalue weighted by Gasteiger charge is 2.14. The number of carbonyl (C=O) groups is 1. The second kappa shape index (κ2) is 9.07. The molecule has 1 amide bonds. The lowest BCUT2D eigenvalue weighted by molar-refractivity contribution is 0.102. The molecule has 0 unspecified atom stereocenters. The minimum atomic E-state index is -0.152. The molecule has 4 rings (SSSR count). The molecule has 1 N–H and O–H groups in total. The maximum Gasteiger partial charge on any atom is 0.255 e. The summed E-state index contributed by atoms with van der Waals surface area (Å²) in [4.78, 5) is 12.9. The summed E-state index contributed by atoms with van der Waals surface area (Å²) < 4.78 is 5.28. The standard InChI is InChI=1S/C27H22ClNO2/c1-18-16-25(20-8-12-22(28)13-9-20)26(29-27(30)21-6-4-3-5-7-21)17-24(18)19-10-14-23(31-2)15-11-19/h3-17H,1-2H3,(H,29,30). The topological polar surface area (TPSA) is 38.3 Å². The van der Waals surface area contributed by atoms with Crippen molar-refractivity contribution >= 4 is 23.2 Å². The first-order chi connectivity index (χ1) is 15.0. The number of aryl methyl sites for hydroxylation is 1. The second-order valence-electron chi connectivity index (χ2n) is 7.27. The van der Waals surface area contributed by atoms with Crippen LogP contribution in [0.1, 0.15) is 15.9 Å². The number of halogens is 1. The molecule has 0 saturated carbocycles. The van der Waals surface area contributed by atoms with Gasteiger partial charge in [-0.2, -0.15) is 0 Å². The van der Waals surface area contributed by atoms with E-state index in [9.17, 15) is 4.79 Å². The number of carbonyl (C=O) groups excluding carboxylic acids is 1. The Hall–Kier alpha value is -3.56. The molecule has 0 saturated heterocycles. The van der Waals surface area contributed by atoms with Crippen LogP contribution in [0.2, 0.25) is 5.02 Å². The Balaban J connectivity index is 1.81. The van der Waals surface area contributed by atoms with Gasteiger partial charge in [-0.05, 0) is 77.7 Å². The molecule has 0 radical (unpaired) electrons. The van der Waals surface area contributed by atoms with Gasteiger partial charge in [0.1, 0.15) is 5.75 Å². The fourth-order valence-corrected chi connectivity index (χ4v) is 3.67. The summed E-state index contributed by atoms with van der Waals surface area (Å²) in [6, 6.07) is 28.9. The Labute approximate surface area is 187 Å². The Bertz CT molecular complexity index is 1200. The van der Waals surface area contributed by atoms with Crippen molar-refractivity contribution in [1.29, 1.82) is 0 Å². The van der Waals surface area contributed by atoms with Crippen LogP contribution >= 0.6 is 11.6 Å². The van der Waals surface area contributed by atoms with Crippen molar-refractivity contribution in [2.75, 3.05) is 12.4 Å². The van der Waals surface area contributed by atoms with Crippen LogP contribution < -0.4 is 10.1 Å². The van der Waals surface area contributed by atoms with Crippen LogP contribution in [0.25, 0.3) is 22.3 Å². The van der Waals surface area contributed by atoms with Crippen molar-refractivity contribution in [2.45, 2.75) is 6.92 Å². The fraction of sp³-hybridized carbons (Fsp3) is 0.0741. The summed E-state index contributed by atoms with van der Waals surface area (Å²) in [5.74, 6) is 0.650. The molecule has 0 fully saturated rings. The van der Waals surface area contributed by atoms with Crippen LogP contribution in [0.3, 0.4) is 0 Å². The zero-order valence-electron chi connectivity index (χ0n) is 17.4. The maximum absolute atomic E-state index is 12.9. The minimum absolute atomic E-state index is 0.152. The molecule has 4 aromatic carbocycles. The molecule has 0 bridgehead atoms. The molecule has 154 valence electrons. The predicted molar refractivity (Wildman–Crippen MR) is 128 cm³/mol. The Morgan fingerprint density at radius 1 is 0.806 bits per heavy atom. The molecule has 0 aromatic heterocycles. The lowest BCUT2D eigenvalue weighted by Crippen LogP contribution is -2.12. The molecule has 0 atom stereocenters. The van der Waals surface area contributed by atoms with E-state index in [1.54, 1.807) is 19.2 Å². The van der Waals surface area contributed by atoms with Gasteiger partial charge in [-0.3, -0.25) is 4.79 Å². The van der Waals surface area contributed by atoms with E-state index in [4.69, 9.17) is 16.3 Å². The van der Waals surface area contributed by atoms with Gasteiger partial charge in [-0.25, -0.2) is 0 Å². The highest BCUT2D eigenvalue weighted by atomic mass is 35.5. The number of methoxy groups -OCH3 is 1. The third-order valence-electron chi connectivity index (χ3n) is 5.20. The summed E-state index contributed by atoms with van der Waals surface area (Å²) in [6.45, 7) is 2.07. The molecular weight excluding hydrogens is 406 g/mol. The van der Waals surface area contributed by atoms with E-state index in [0.29, 0.717) is 10.6 Å². The van der Waals surface area contributed by atoms with E-state index in [1.165, 1.54) is 0 Å². The average molecular weight is 428 g/mol. The normalized spacial score (nSPS) is 10.5. The van der Waals surface area contributed by atoms with Crippen molar-refractivity contribution in [3.8, 4) is 28.0 Å². The quantitative estimate of drug-likeness (QED) is 0.364. The fourth-order valence-electron chi connectivity index (χ4n) is 3.55. The third-order valence-corrected chi connectivity index (χ3v) is 5.46. The first-order valence-electron chi connectivity index (χ1n) is 9.96. The largest absolute Gasteiger partial charge is 0.497 e. The van der Waals surface area contributed by atoms with E-state index in [2.05, 4.69) is 18.3 Å². The predicted octanol–water partition coefficient (Wildman–Crippen LogP) is 7.24. The van der Waals surface area contributed by atoms with Crippen molar-refractivity contribution in [1.82, 2.24) is 0 Å². The van der Waals surface area contributed by atoms with Gasteiger partial charge in [0.2, 0.25) is 0 Å². The summed E-state index contributed by atoms with van der Waals surface area (Å²) in [7, 11) is 1.65. The Morgan fingerprint density at radius 3 is 2.06 bits per heavy atom. The van der Waals surface area contributed by atoms with Gasteiger partial charge in [-0.1, -0.05) is 54.1 Å². The SMILES string of the molecule is COc1ccc(-c2cc(NC(=O)c3ccccc3)c(-c3ccc(Cl)cc3)cc2C)cc1. The van der Waals surface area contributed by atoms with Crippen LogP contribution in [0, 0.1) is 6.92 Å². The first kappa shape index (κ1) is 20.7. The van der Waals surface area contributed by atoms with E-state index in [0.717, 1.165) is 39.3 Å². The van der Waals surface area contributed by atoms with Gasteiger partial charge in [-0.15, -0.1) is 0 Å². The van der Waals surface area contributed by atoms with Crippen molar-refractivity contribution in [3.63, 3.8) is 0 Å². The number of amides is 1. The number of benzene rings is 4. The molecular formula is C27H22ClNO2. The minimum Gasteiger partial charge on any atom is -0.497 e. The molecule has 4 heteroatoms. The van der Waals surface area contributed by atoms with E-state index < -0.39 is 0 Å². The number of hydrogen-bond acceptors (Lipinski definition) is 2. The zero-order chi connectivity index (χ0) is 21.8. The first-order valence-corrected chi connectivity index (χ1v) is 10.3. The van der Waals surface area contributed by atoms with E-state index in [-0.39, 0.29) is 5.91 Å². The molecule has 0 spiro atoms. The van der Waals surface area contributed by atoms with Crippen LogP contribution in [0.15, 0.2) is 91.0 Å². The van der Waals surface area contributed by atoms with Gasteiger partial charge >= 0.3 is 0 Å². The van der Waals surface area contributed by atoms with Crippen molar-refractivity contribution in [3.05, 3.63) is 107 Å². The third kappa shape index (κ3) is 4.62.